The Labute approximate surface area is 160 Å². The average Bonchev–Trinajstić information content (AvgIpc) is 2.62. The first-order chi connectivity index (χ1) is 12.0. The van der Waals surface area contributed by atoms with Crippen molar-refractivity contribution in [3.63, 3.8) is 0 Å². The number of thioether (sulfide) groups is 1. The number of amides is 2. The normalized spacial score (nSPS) is 11.6. The number of carbonyl (C=O) groups excluding carboxylic acids is 2. The van der Waals surface area contributed by atoms with Crippen LogP contribution in [0.15, 0.2) is 47.6 Å². The van der Waals surface area contributed by atoms with Crippen LogP contribution in [-0.2, 0) is 4.79 Å². The molecule has 132 valence electrons. The van der Waals surface area contributed by atoms with Gasteiger partial charge in [0.05, 0.1) is 15.8 Å². The Kier molecular flexibility index (Phi) is 7.55. The molecule has 2 aromatic rings. The van der Waals surface area contributed by atoms with Crippen molar-refractivity contribution >= 4 is 46.8 Å². The van der Waals surface area contributed by atoms with Crippen LogP contribution in [0.1, 0.15) is 17.3 Å². The van der Waals surface area contributed by atoms with Crippen molar-refractivity contribution in [1.29, 1.82) is 0 Å². The maximum absolute atomic E-state index is 12.1. The van der Waals surface area contributed by atoms with E-state index in [-0.39, 0.29) is 17.1 Å². The highest BCUT2D eigenvalue weighted by atomic mass is 35.5. The molecule has 1 atom stereocenters. The molecule has 2 N–H and O–H groups in total. The zero-order valence-electron chi connectivity index (χ0n) is 13.5. The van der Waals surface area contributed by atoms with Crippen LogP contribution in [0.2, 0.25) is 10.0 Å². The smallest absolute Gasteiger partial charge is 0.252 e. The van der Waals surface area contributed by atoms with Gasteiger partial charge in [-0.1, -0.05) is 23.2 Å². The van der Waals surface area contributed by atoms with Crippen molar-refractivity contribution in [2.45, 2.75) is 17.1 Å². The quantitative estimate of drug-likeness (QED) is 0.554. The van der Waals surface area contributed by atoms with E-state index in [1.54, 1.807) is 43.5 Å². The lowest BCUT2D eigenvalue weighted by atomic mass is 10.3. The van der Waals surface area contributed by atoms with E-state index in [1.165, 1.54) is 18.0 Å². The monoisotopic (exact) mass is 397 g/mol. The molecule has 2 amide bonds. The van der Waals surface area contributed by atoms with Gasteiger partial charge in [-0.3, -0.25) is 14.6 Å². The highest BCUT2D eigenvalue weighted by Gasteiger charge is 2.16. The molecule has 5 nitrogen and oxygen atoms in total. The van der Waals surface area contributed by atoms with E-state index in [0.717, 1.165) is 4.90 Å². The molecule has 0 aliphatic rings. The Bertz CT molecular complexity index is 744. The van der Waals surface area contributed by atoms with Crippen LogP contribution in [0.4, 0.5) is 0 Å². The van der Waals surface area contributed by atoms with E-state index in [2.05, 4.69) is 15.6 Å². The fourth-order valence-electron chi connectivity index (χ4n) is 1.92. The fourth-order valence-corrected chi connectivity index (χ4v) is 3.35. The molecular formula is C17H17Cl2N3O2S. The Morgan fingerprint density at radius 1 is 1.20 bits per heavy atom. The van der Waals surface area contributed by atoms with Crippen molar-refractivity contribution in [1.82, 2.24) is 15.6 Å². The Morgan fingerprint density at radius 2 is 1.96 bits per heavy atom. The summed E-state index contributed by atoms with van der Waals surface area (Å²) in [4.78, 5) is 28.6. The van der Waals surface area contributed by atoms with Crippen molar-refractivity contribution in [3.05, 3.63) is 58.3 Å². The van der Waals surface area contributed by atoms with Gasteiger partial charge in [-0.15, -0.1) is 11.8 Å². The molecule has 1 unspecified atom stereocenters. The summed E-state index contributed by atoms with van der Waals surface area (Å²) >= 11 is 13.4. The van der Waals surface area contributed by atoms with E-state index >= 15 is 0 Å². The van der Waals surface area contributed by atoms with Crippen LogP contribution in [0, 0.1) is 0 Å². The molecule has 1 heterocycles. The first-order valence-corrected chi connectivity index (χ1v) is 9.18. The van der Waals surface area contributed by atoms with Crippen molar-refractivity contribution < 1.29 is 9.59 Å². The highest BCUT2D eigenvalue weighted by Crippen LogP contribution is 2.32. The third-order valence-corrected chi connectivity index (χ3v) is 5.04. The largest absolute Gasteiger partial charge is 0.353 e. The standard InChI is InChI=1S/C17H17Cl2N3O2S/c1-11(25-15-9-13(18)4-5-14(15)19)16(23)21-7-8-22-17(24)12-3-2-6-20-10-12/h2-6,9-11H,7-8H2,1H3,(H,21,23)(H,22,24). The number of nitrogens with zero attached hydrogens (tertiary/aromatic N) is 1. The molecule has 1 aromatic heterocycles. The lowest BCUT2D eigenvalue weighted by molar-refractivity contribution is -0.120. The maximum Gasteiger partial charge on any atom is 0.252 e. The second-order valence-corrected chi connectivity index (χ2v) is 7.35. The molecule has 25 heavy (non-hydrogen) atoms. The molecule has 2 rings (SSSR count). The van der Waals surface area contributed by atoms with Crippen LogP contribution in [-0.4, -0.2) is 35.1 Å². The molecule has 0 radical (unpaired) electrons. The number of hydrogen-bond donors (Lipinski definition) is 2. The van der Waals surface area contributed by atoms with E-state index in [9.17, 15) is 9.59 Å². The summed E-state index contributed by atoms with van der Waals surface area (Å²) in [6, 6.07) is 8.49. The predicted octanol–water partition coefficient (Wildman–Crippen LogP) is 3.42. The van der Waals surface area contributed by atoms with Crippen molar-refractivity contribution in [2.24, 2.45) is 0 Å². The number of benzene rings is 1. The Morgan fingerprint density at radius 3 is 2.68 bits per heavy atom. The summed E-state index contributed by atoms with van der Waals surface area (Å²) in [6.07, 6.45) is 3.09. The molecule has 0 spiro atoms. The van der Waals surface area contributed by atoms with Gasteiger partial charge in [0.2, 0.25) is 5.91 Å². The van der Waals surface area contributed by atoms with Gasteiger partial charge in [0, 0.05) is 35.4 Å². The van der Waals surface area contributed by atoms with Crippen LogP contribution in [0.3, 0.4) is 0 Å². The lowest BCUT2D eigenvalue weighted by Gasteiger charge is -2.13. The first-order valence-electron chi connectivity index (χ1n) is 7.55. The molecule has 0 aliphatic carbocycles. The fraction of sp³-hybridized carbons (Fsp3) is 0.235. The molecule has 0 saturated heterocycles. The minimum atomic E-state index is -0.343. The summed E-state index contributed by atoms with van der Waals surface area (Å²) in [5.41, 5.74) is 0.480. The molecular weight excluding hydrogens is 381 g/mol. The molecule has 0 aliphatic heterocycles. The second kappa shape index (κ2) is 9.65. The van der Waals surface area contributed by atoms with Crippen LogP contribution < -0.4 is 10.6 Å². The van der Waals surface area contributed by atoms with Crippen molar-refractivity contribution in [3.8, 4) is 0 Å². The molecule has 0 fully saturated rings. The zero-order valence-corrected chi connectivity index (χ0v) is 15.8. The third kappa shape index (κ3) is 6.23. The van der Waals surface area contributed by atoms with Crippen LogP contribution in [0.25, 0.3) is 0 Å². The summed E-state index contributed by atoms with van der Waals surface area (Å²) in [6.45, 7) is 2.44. The minimum Gasteiger partial charge on any atom is -0.353 e. The molecule has 1 aromatic carbocycles. The van der Waals surface area contributed by atoms with E-state index in [4.69, 9.17) is 23.2 Å². The minimum absolute atomic E-state index is 0.142. The second-order valence-electron chi connectivity index (χ2n) is 5.12. The number of hydrogen-bond acceptors (Lipinski definition) is 4. The average molecular weight is 398 g/mol. The SMILES string of the molecule is CC(Sc1cc(Cl)ccc1Cl)C(=O)NCCNC(=O)c1cccnc1. The van der Waals surface area contributed by atoms with E-state index in [0.29, 0.717) is 28.7 Å². The number of nitrogens with one attached hydrogen (secondary N) is 2. The van der Waals surface area contributed by atoms with Gasteiger partial charge in [-0.05, 0) is 37.3 Å². The van der Waals surface area contributed by atoms with Gasteiger partial charge in [-0.2, -0.15) is 0 Å². The summed E-state index contributed by atoms with van der Waals surface area (Å²) < 4.78 is 0. The van der Waals surface area contributed by atoms with Gasteiger partial charge in [0.25, 0.3) is 5.91 Å². The third-order valence-electron chi connectivity index (χ3n) is 3.20. The number of carbonyl (C=O) groups is 2. The van der Waals surface area contributed by atoms with Gasteiger partial charge < -0.3 is 10.6 Å². The summed E-state index contributed by atoms with van der Waals surface area (Å²) in [7, 11) is 0. The van der Waals surface area contributed by atoms with Gasteiger partial charge in [0.1, 0.15) is 0 Å². The number of rotatable bonds is 7. The predicted molar refractivity (Wildman–Crippen MR) is 101 cm³/mol. The molecule has 0 saturated carbocycles. The van der Waals surface area contributed by atoms with Crippen LogP contribution in [0.5, 0.6) is 0 Å². The Balaban J connectivity index is 1.74. The van der Waals surface area contributed by atoms with Crippen LogP contribution >= 0.6 is 35.0 Å². The van der Waals surface area contributed by atoms with Crippen molar-refractivity contribution in [2.75, 3.05) is 13.1 Å². The number of halogens is 2. The Hall–Kier alpha value is -1.76. The summed E-state index contributed by atoms with van der Waals surface area (Å²) in [5, 5.41) is 6.28. The number of aromatic nitrogens is 1. The summed E-state index contributed by atoms with van der Waals surface area (Å²) in [5.74, 6) is -0.368. The first kappa shape index (κ1) is 19.6. The highest BCUT2D eigenvalue weighted by molar-refractivity contribution is 8.00. The number of pyridine rings is 1. The molecule has 0 bridgehead atoms. The van der Waals surface area contributed by atoms with E-state index in [1.807, 2.05) is 0 Å². The maximum atomic E-state index is 12.1. The van der Waals surface area contributed by atoms with Gasteiger partial charge >= 0.3 is 0 Å². The van der Waals surface area contributed by atoms with E-state index < -0.39 is 0 Å². The lowest BCUT2D eigenvalue weighted by Crippen LogP contribution is -2.37. The zero-order chi connectivity index (χ0) is 18.2. The van der Waals surface area contributed by atoms with Gasteiger partial charge in [-0.25, -0.2) is 0 Å². The molecule has 8 heteroatoms. The topological polar surface area (TPSA) is 71.1 Å². The van der Waals surface area contributed by atoms with Gasteiger partial charge in [0.15, 0.2) is 0 Å².